The van der Waals surface area contributed by atoms with E-state index in [4.69, 9.17) is 4.98 Å². The topological polar surface area (TPSA) is 112 Å². The van der Waals surface area contributed by atoms with Gasteiger partial charge in [0.15, 0.2) is 11.5 Å². The molecule has 8 nitrogen and oxygen atoms in total. The Labute approximate surface area is 224 Å². The molecule has 10 heteroatoms. The molecule has 7 rings (SSSR count). The molecule has 0 aliphatic rings. The molecular formula is C29H18FN7OS. The van der Waals surface area contributed by atoms with Gasteiger partial charge in [0.05, 0.1) is 22.8 Å². The van der Waals surface area contributed by atoms with Gasteiger partial charge in [0, 0.05) is 34.6 Å². The Bertz CT molecular complexity index is 1980. The summed E-state index contributed by atoms with van der Waals surface area (Å²) in [6.07, 6.45) is 4.80. The third kappa shape index (κ3) is 4.03. The second kappa shape index (κ2) is 9.26. The molecule has 0 saturated carbocycles. The standard InChI is InChI=1S/C29H18FN7OS/c30-24-20(18-12-19(14-31-13-18)33-29(38)16-4-2-1-3-5-16)6-7-22-23(24)26(37-36-22)28-34-25-21(17-9-11-39-15-17)8-10-32-27(25)35-28/h1-15H,(H,33,38)(H,36,37)(H,32,34,35). The number of nitrogens with one attached hydrogen (secondary N) is 3. The van der Waals surface area contributed by atoms with Crippen LogP contribution in [0.3, 0.4) is 0 Å². The molecule has 0 bridgehead atoms. The Morgan fingerprint density at radius 1 is 0.974 bits per heavy atom. The number of halogens is 1. The van der Waals surface area contributed by atoms with E-state index in [2.05, 4.69) is 30.5 Å². The zero-order valence-electron chi connectivity index (χ0n) is 20.1. The minimum atomic E-state index is -0.476. The van der Waals surface area contributed by atoms with Gasteiger partial charge in [-0.1, -0.05) is 18.2 Å². The average Bonchev–Trinajstić information content (AvgIpc) is 3.73. The first kappa shape index (κ1) is 22.9. The van der Waals surface area contributed by atoms with Crippen LogP contribution >= 0.6 is 11.3 Å². The van der Waals surface area contributed by atoms with Gasteiger partial charge in [-0.2, -0.15) is 16.4 Å². The van der Waals surface area contributed by atoms with Gasteiger partial charge in [-0.05, 0) is 58.8 Å². The molecule has 188 valence electrons. The number of anilines is 1. The second-order valence-electron chi connectivity index (χ2n) is 8.86. The molecule has 0 fully saturated rings. The van der Waals surface area contributed by atoms with Gasteiger partial charge < -0.3 is 10.3 Å². The van der Waals surface area contributed by atoms with Crippen molar-refractivity contribution < 1.29 is 9.18 Å². The summed E-state index contributed by atoms with van der Waals surface area (Å²) in [5, 5.41) is 14.5. The monoisotopic (exact) mass is 531 g/mol. The normalized spacial score (nSPS) is 11.3. The molecule has 39 heavy (non-hydrogen) atoms. The van der Waals surface area contributed by atoms with Crippen LogP contribution in [0.25, 0.3) is 55.8 Å². The fourth-order valence-corrected chi connectivity index (χ4v) is 5.24. The maximum atomic E-state index is 16.1. The van der Waals surface area contributed by atoms with Gasteiger partial charge in [0.25, 0.3) is 5.91 Å². The molecule has 0 aliphatic heterocycles. The zero-order chi connectivity index (χ0) is 26.3. The average molecular weight is 532 g/mol. The fraction of sp³-hybridized carbons (Fsp3) is 0. The number of benzene rings is 2. The highest BCUT2D eigenvalue weighted by molar-refractivity contribution is 7.08. The number of thiophene rings is 1. The Balaban J connectivity index is 1.29. The molecule has 1 amide bonds. The first-order chi connectivity index (χ1) is 19.2. The SMILES string of the molecule is O=C(Nc1cncc(-c2ccc3[nH]nc(-c4nc5c(-c6ccsc6)ccnc5[nH]4)c3c2F)c1)c1ccccc1. The molecule has 7 aromatic rings. The molecule has 2 aromatic carbocycles. The van der Waals surface area contributed by atoms with Crippen LogP contribution in [0.2, 0.25) is 0 Å². The Kier molecular flexibility index (Phi) is 5.45. The molecule has 5 aromatic heterocycles. The summed E-state index contributed by atoms with van der Waals surface area (Å²) in [6.45, 7) is 0. The summed E-state index contributed by atoms with van der Waals surface area (Å²) >= 11 is 1.60. The lowest BCUT2D eigenvalue weighted by molar-refractivity contribution is 0.102. The number of fused-ring (bicyclic) bond motifs is 2. The van der Waals surface area contributed by atoms with Crippen molar-refractivity contribution in [1.29, 1.82) is 0 Å². The summed E-state index contributed by atoms with van der Waals surface area (Å²) in [7, 11) is 0. The predicted octanol–water partition coefficient (Wildman–Crippen LogP) is 6.68. The van der Waals surface area contributed by atoms with Crippen molar-refractivity contribution in [1.82, 2.24) is 30.1 Å². The van der Waals surface area contributed by atoms with E-state index >= 15 is 4.39 Å². The number of amides is 1. The number of carbonyl (C=O) groups excluding carboxylic acids is 1. The first-order valence-corrected chi connectivity index (χ1v) is 13.0. The quantitative estimate of drug-likeness (QED) is 0.229. The molecule has 0 unspecified atom stereocenters. The number of aromatic amines is 2. The Morgan fingerprint density at radius 2 is 1.87 bits per heavy atom. The summed E-state index contributed by atoms with van der Waals surface area (Å²) in [5.41, 5.74) is 5.93. The lowest BCUT2D eigenvalue weighted by Crippen LogP contribution is -2.11. The second-order valence-corrected chi connectivity index (χ2v) is 9.64. The first-order valence-electron chi connectivity index (χ1n) is 12.0. The summed E-state index contributed by atoms with van der Waals surface area (Å²) in [5.74, 6) is -0.344. The molecular weight excluding hydrogens is 513 g/mol. The van der Waals surface area contributed by atoms with Crippen LogP contribution in [0, 0.1) is 5.82 Å². The van der Waals surface area contributed by atoms with Gasteiger partial charge in [0.1, 0.15) is 17.0 Å². The Morgan fingerprint density at radius 3 is 2.72 bits per heavy atom. The van der Waals surface area contributed by atoms with Gasteiger partial charge in [-0.15, -0.1) is 0 Å². The lowest BCUT2D eigenvalue weighted by atomic mass is 10.0. The van der Waals surface area contributed by atoms with E-state index in [1.165, 1.54) is 6.20 Å². The fourth-order valence-electron chi connectivity index (χ4n) is 4.59. The molecule has 0 spiro atoms. The van der Waals surface area contributed by atoms with E-state index in [0.717, 1.165) is 11.1 Å². The van der Waals surface area contributed by atoms with Crippen LogP contribution in [0.5, 0.6) is 0 Å². The van der Waals surface area contributed by atoms with Gasteiger partial charge >= 0.3 is 0 Å². The smallest absolute Gasteiger partial charge is 0.255 e. The zero-order valence-corrected chi connectivity index (χ0v) is 21.0. The Hall–Kier alpha value is -5.22. The predicted molar refractivity (Wildman–Crippen MR) is 150 cm³/mol. The molecule has 0 saturated heterocycles. The van der Waals surface area contributed by atoms with E-state index in [1.807, 2.05) is 29.0 Å². The number of pyridine rings is 2. The number of hydrogen-bond donors (Lipinski definition) is 3. The van der Waals surface area contributed by atoms with E-state index in [0.29, 0.717) is 56.0 Å². The summed E-state index contributed by atoms with van der Waals surface area (Å²) in [6, 6.07) is 17.9. The lowest BCUT2D eigenvalue weighted by Gasteiger charge is -2.09. The third-order valence-corrected chi connectivity index (χ3v) is 7.13. The molecule has 0 aliphatic carbocycles. The minimum Gasteiger partial charge on any atom is -0.321 e. The maximum Gasteiger partial charge on any atom is 0.255 e. The molecule has 0 atom stereocenters. The van der Waals surface area contributed by atoms with E-state index in [9.17, 15) is 4.79 Å². The number of nitrogens with zero attached hydrogens (tertiary/aromatic N) is 4. The third-order valence-electron chi connectivity index (χ3n) is 6.45. The molecule has 5 heterocycles. The van der Waals surface area contributed by atoms with Crippen LogP contribution in [-0.4, -0.2) is 36.0 Å². The van der Waals surface area contributed by atoms with Crippen molar-refractivity contribution in [3.05, 3.63) is 101 Å². The van der Waals surface area contributed by atoms with Crippen molar-refractivity contribution in [3.63, 3.8) is 0 Å². The number of hydrogen-bond acceptors (Lipinski definition) is 6. The van der Waals surface area contributed by atoms with Crippen LogP contribution in [-0.2, 0) is 0 Å². The van der Waals surface area contributed by atoms with Crippen LogP contribution in [0.15, 0.2) is 90.0 Å². The highest BCUT2D eigenvalue weighted by Gasteiger charge is 2.21. The minimum absolute atomic E-state index is 0.275. The van der Waals surface area contributed by atoms with E-state index < -0.39 is 5.82 Å². The molecule has 0 radical (unpaired) electrons. The highest BCUT2D eigenvalue weighted by atomic mass is 32.1. The number of carbonyl (C=O) groups is 1. The number of rotatable bonds is 5. The van der Waals surface area contributed by atoms with Gasteiger partial charge in [-0.25, -0.2) is 14.4 Å². The van der Waals surface area contributed by atoms with Crippen molar-refractivity contribution in [2.75, 3.05) is 5.32 Å². The number of imidazole rings is 1. The van der Waals surface area contributed by atoms with Crippen LogP contribution in [0.4, 0.5) is 10.1 Å². The van der Waals surface area contributed by atoms with Crippen molar-refractivity contribution >= 4 is 45.0 Å². The van der Waals surface area contributed by atoms with E-state index in [1.54, 1.807) is 66.2 Å². The highest BCUT2D eigenvalue weighted by Crippen LogP contribution is 2.35. The summed E-state index contributed by atoms with van der Waals surface area (Å²) in [4.78, 5) is 29.2. The van der Waals surface area contributed by atoms with Crippen LogP contribution in [0.1, 0.15) is 10.4 Å². The van der Waals surface area contributed by atoms with Crippen molar-refractivity contribution in [2.45, 2.75) is 0 Å². The largest absolute Gasteiger partial charge is 0.321 e. The van der Waals surface area contributed by atoms with Gasteiger partial charge in [-0.3, -0.25) is 14.9 Å². The van der Waals surface area contributed by atoms with E-state index in [-0.39, 0.29) is 5.91 Å². The van der Waals surface area contributed by atoms with Gasteiger partial charge in [0.2, 0.25) is 0 Å². The maximum absolute atomic E-state index is 16.1. The van der Waals surface area contributed by atoms with Crippen molar-refractivity contribution in [2.24, 2.45) is 0 Å². The van der Waals surface area contributed by atoms with Crippen LogP contribution < -0.4 is 5.32 Å². The summed E-state index contributed by atoms with van der Waals surface area (Å²) < 4.78 is 16.1. The molecule has 3 N–H and O–H groups in total. The number of H-pyrrole nitrogens is 2. The number of aromatic nitrogens is 6. The van der Waals surface area contributed by atoms with Crippen molar-refractivity contribution in [3.8, 4) is 33.8 Å².